The summed E-state index contributed by atoms with van der Waals surface area (Å²) in [5.74, 6) is 1.28. The first kappa shape index (κ1) is 14.9. The molecule has 1 heterocycles. The molecular formula is C16H26N2S. The molecule has 0 bridgehead atoms. The molecule has 1 fully saturated rings. The third-order valence-corrected chi connectivity index (χ3v) is 4.80. The van der Waals surface area contributed by atoms with Crippen molar-refractivity contribution in [2.24, 2.45) is 0 Å². The van der Waals surface area contributed by atoms with Crippen LogP contribution in [-0.4, -0.2) is 42.1 Å². The largest absolute Gasteiger partial charge is 0.317 e. The molecule has 1 saturated heterocycles. The number of nitrogens with zero attached hydrogens (tertiary/aromatic N) is 1. The van der Waals surface area contributed by atoms with E-state index in [4.69, 9.17) is 0 Å². The van der Waals surface area contributed by atoms with Crippen LogP contribution in [0, 0.1) is 0 Å². The van der Waals surface area contributed by atoms with Crippen molar-refractivity contribution in [1.29, 1.82) is 0 Å². The standard InChI is InChI=1S/C16H26N2S/c1-3-17-9-8-15-6-4-5-7-16(15)13-18-10-11-19-14(2)12-18/h4-7,14,17H,3,8-13H2,1-2H3. The van der Waals surface area contributed by atoms with Gasteiger partial charge in [-0.15, -0.1) is 0 Å². The van der Waals surface area contributed by atoms with Gasteiger partial charge in [-0.25, -0.2) is 0 Å². The molecule has 0 aliphatic carbocycles. The van der Waals surface area contributed by atoms with E-state index < -0.39 is 0 Å². The van der Waals surface area contributed by atoms with Crippen LogP contribution in [0.5, 0.6) is 0 Å². The van der Waals surface area contributed by atoms with Crippen LogP contribution in [0.25, 0.3) is 0 Å². The predicted molar refractivity (Wildman–Crippen MR) is 85.9 cm³/mol. The maximum Gasteiger partial charge on any atom is 0.0237 e. The van der Waals surface area contributed by atoms with Crippen molar-refractivity contribution < 1.29 is 0 Å². The van der Waals surface area contributed by atoms with Gasteiger partial charge in [-0.3, -0.25) is 4.90 Å². The average Bonchev–Trinajstić information content (AvgIpc) is 2.41. The summed E-state index contributed by atoms with van der Waals surface area (Å²) in [5.41, 5.74) is 3.02. The van der Waals surface area contributed by atoms with Gasteiger partial charge in [0.1, 0.15) is 0 Å². The molecule has 2 nitrogen and oxygen atoms in total. The highest BCUT2D eigenvalue weighted by atomic mass is 32.2. The Kier molecular flexibility index (Phi) is 6.21. The van der Waals surface area contributed by atoms with Crippen molar-refractivity contribution in [3.63, 3.8) is 0 Å². The van der Waals surface area contributed by atoms with Crippen LogP contribution in [0.2, 0.25) is 0 Å². The lowest BCUT2D eigenvalue weighted by molar-refractivity contribution is 0.277. The molecule has 19 heavy (non-hydrogen) atoms. The Bertz CT molecular complexity index is 381. The van der Waals surface area contributed by atoms with Crippen molar-refractivity contribution >= 4 is 11.8 Å². The smallest absolute Gasteiger partial charge is 0.0237 e. The molecule has 2 rings (SSSR count). The minimum Gasteiger partial charge on any atom is -0.317 e. The maximum atomic E-state index is 3.42. The number of thioether (sulfide) groups is 1. The molecule has 0 aromatic heterocycles. The first-order chi connectivity index (χ1) is 9.29. The summed E-state index contributed by atoms with van der Waals surface area (Å²) >= 11 is 2.10. The molecule has 1 N–H and O–H groups in total. The average molecular weight is 278 g/mol. The zero-order chi connectivity index (χ0) is 13.5. The minimum atomic E-state index is 0.780. The lowest BCUT2D eigenvalue weighted by atomic mass is 10.0. The van der Waals surface area contributed by atoms with E-state index in [0.29, 0.717) is 0 Å². The van der Waals surface area contributed by atoms with Gasteiger partial charge in [0.05, 0.1) is 0 Å². The summed E-state index contributed by atoms with van der Waals surface area (Å²) in [6, 6.07) is 8.93. The summed E-state index contributed by atoms with van der Waals surface area (Å²) in [4.78, 5) is 2.60. The van der Waals surface area contributed by atoms with Crippen LogP contribution < -0.4 is 5.32 Å². The van der Waals surface area contributed by atoms with Crippen LogP contribution in [0.4, 0.5) is 0 Å². The van der Waals surface area contributed by atoms with Crippen LogP contribution in [-0.2, 0) is 13.0 Å². The highest BCUT2D eigenvalue weighted by Crippen LogP contribution is 2.20. The highest BCUT2D eigenvalue weighted by Gasteiger charge is 2.17. The third-order valence-electron chi connectivity index (χ3n) is 3.66. The van der Waals surface area contributed by atoms with Gasteiger partial charge in [-0.2, -0.15) is 11.8 Å². The zero-order valence-electron chi connectivity index (χ0n) is 12.2. The second-order valence-corrected chi connectivity index (χ2v) is 6.84. The lowest BCUT2D eigenvalue weighted by Crippen LogP contribution is -2.36. The lowest BCUT2D eigenvalue weighted by Gasteiger charge is -2.31. The molecule has 0 radical (unpaired) electrons. The van der Waals surface area contributed by atoms with E-state index >= 15 is 0 Å². The van der Waals surface area contributed by atoms with Crippen LogP contribution >= 0.6 is 11.8 Å². The quantitative estimate of drug-likeness (QED) is 0.806. The molecule has 1 aromatic rings. The Hall–Kier alpha value is -0.510. The Balaban J connectivity index is 1.94. The van der Waals surface area contributed by atoms with Crippen LogP contribution in [0.15, 0.2) is 24.3 Å². The van der Waals surface area contributed by atoms with E-state index in [9.17, 15) is 0 Å². The van der Waals surface area contributed by atoms with Gasteiger partial charge in [0.2, 0.25) is 0 Å². The van der Waals surface area contributed by atoms with Crippen molar-refractivity contribution in [2.45, 2.75) is 32.1 Å². The maximum absolute atomic E-state index is 3.42. The highest BCUT2D eigenvalue weighted by molar-refractivity contribution is 7.99. The summed E-state index contributed by atoms with van der Waals surface area (Å²) < 4.78 is 0. The third kappa shape index (κ3) is 4.83. The van der Waals surface area contributed by atoms with Crippen LogP contribution in [0.3, 0.4) is 0 Å². The molecule has 0 spiro atoms. The number of likely N-dealkylation sites (N-methyl/N-ethyl adjacent to an activating group) is 1. The normalized spacial score (nSPS) is 20.6. The monoisotopic (exact) mass is 278 g/mol. The zero-order valence-corrected chi connectivity index (χ0v) is 13.0. The van der Waals surface area contributed by atoms with Gasteiger partial charge in [-0.1, -0.05) is 38.1 Å². The van der Waals surface area contributed by atoms with Crippen molar-refractivity contribution in [2.75, 3.05) is 31.9 Å². The molecule has 1 aromatic carbocycles. The fourth-order valence-electron chi connectivity index (χ4n) is 2.63. The first-order valence-corrected chi connectivity index (χ1v) is 8.46. The SMILES string of the molecule is CCNCCc1ccccc1CN1CCSC(C)C1. The van der Waals surface area contributed by atoms with E-state index in [-0.39, 0.29) is 0 Å². The summed E-state index contributed by atoms with van der Waals surface area (Å²) in [5, 5.41) is 4.20. The molecule has 1 aliphatic rings. The minimum absolute atomic E-state index is 0.780. The summed E-state index contributed by atoms with van der Waals surface area (Å²) in [7, 11) is 0. The molecule has 106 valence electrons. The van der Waals surface area contributed by atoms with Gasteiger partial charge in [0.15, 0.2) is 0 Å². The topological polar surface area (TPSA) is 15.3 Å². The number of benzene rings is 1. The fraction of sp³-hybridized carbons (Fsp3) is 0.625. The Morgan fingerprint density at radius 1 is 1.32 bits per heavy atom. The van der Waals surface area contributed by atoms with Crippen molar-refractivity contribution in [3.8, 4) is 0 Å². The van der Waals surface area contributed by atoms with Gasteiger partial charge >= 0.3 is 0 Å². The summed E-state index contributed by atoms with van der Waals surface area (Å²) in [6.45, 7) is 10.2. The predicted octanol–water partition coefficient (Wildman–Crippen LogP) is 2.78. The molecular weight excluding hydrogens is 252 g/mol. The molecule has 3 heteroatoms. The second-order valence-electron chi connectivity index (χ2n) is 5.29. The van der Waals surface area contributed by atoms with Crippen molar-refractivity contribution in [1.82, 2.24) is 10.2 Å². The van der Waals surface area contributed by atoms with E-state index in [2.05, 4.69) is 60.1 Å². The molecule has 1 aliphatic heterocycles. The van der Waals surface area contributed by atoms with E-state index in [0.717, 1.165) is 31.3 Å². The number of hydrogen-bond donors (Lipinski definition) is 1. The number of nitrogens with one attached hydrogen (secondary N) is 1. The van der Waals surface area contributed by atoms with Gasteiger partial charge in [0.25, 0.3) is 0 Å². The summed E-state index contributed by atoms with van der Waals surface area (Å²) in [6.07, 6.45) is 1.14. The van der Waals surface area contributed by atoms with E-state index in [1.807, 2.05) is 0 Å². The Morgan fingerprint density at radius 2 is 2.11 bits per heavy atom. The number of rotatable bonds is 6. The van der Waals surface area contributed by atoms with Crippen molar-refractivity contribution in [3.05, 3.63) is 35.4 Å². The molecule has 1 atom stereocenters. The number of hydrogen-bond acceptors (Lipinski definition) is 3. The van der Waals surface area contributed by atoms with Gasteiger partial charge in [0, 0.05) is 30.6 Å². The van der Waals surface area contributed by atoms with E-state index in [1.54, 1.807) is 0 Å². The Morgan fingerprint density at radius 3 is 2.84 bits per heavy atom. The molecule has 0 saturated carbocycles. The second kappa shape index (κ2) is 7.93. The first-order valence-electron chi connectivity index (χ1n) is 7.41. The van der Waals surface area contributed by atoms with E-state index in [1.165, 1.54) is 30.0 Å². The van der Waals surface area contributed by atoms with Crippen LogP contribution in [0.1, 0.15) is 25.0 Å². The van der Waals surface area contributed by atoms with Gasteiger partial charge in [-0.05, 0) is 30.6 Å². The molecule has 1 unspecified atom stereocenters. The van der Waals surface area contributed by atoms with Gasteiger partial charge < -0.3 is 5.32 Å². The Labute approximate surface area is 122 Å². The molecule has 0 amide bonds. The fourth-order valence-corrected chi connectivity index (χ4v) is 3.71.